The first kappa shape index (κ1) is 13.0. The van der Waals surface area contributed by atoms with Crippen molar-refractivity contribution in [2.75, 3.05) is 5.32 Å². The summed E-state index contributed by atoms with van der Waals surface area (Å²) in [6.07, 6.45) is 0. The molecular formula is C14H11FINO. The van der Waals surface area contributed by atoms with Crippen LogP contribution in [-0.2, 0) is 0 Å². The number of rotatable bonds is 2. The molecular weight excluding hydrogens is 344 g/mol. The Labute approximate surface area is 118 Å². The van der Waals surface area contributed by atoms with Gasteiger partial charge in [0.15, 0.2) is 0 Å². The molecule has 0 spiro atoms. The van der Waals surface area contributed by atoms with Gasteiger partial charge in [-0.15, -0.1) is 0 Å². The quantitative estimate of drug-likeness (QED) is 0.811. The number of carbonyl (C=O) groups is 1. The van der Waals surface area contributed by atoms with Gasteiger partial charge in [0.05, 0.1) is 0 Å². The number of carbonyl (C=O) groups excluding carboxylic acids is 1. The van der Waals surface area contributed by atoms with Gasteiger partial charge in [0.2, 0.25) is 0 Å². The summed E-state index contributed by atoms with van der Waals surface area (Å²) >= 11 is 2.21. The number of halogens is 2. The van der Waals surface area contributed by atoms with Gasteiger partial charge in [0.25, 0.3) is 5.91 Å². The van der Waals surface area contributed by atoms with E-state index in [1.165, 1.54) is 24.3 Å². The van der Waals surface area contributed by atoms with Crippen molar-refractivity contribution in [2.24, 2.45) is 0 Å². The van der Waals surface area contributed by atoms with Crippen LogP contribution in [0.25, 0.3) is 0 Å². The van der Waals surface area contributed by atoms with Gasteiger partial charge in [-0.25, -0.2) is 4.39 Å². The van der Waals surface area contributed by atoms with E-state index in [0.717, 1.165) is 14.8 Å². The first-order valence-corrected chi connectivity index (χ1v) is 6.48. The Morgan fingerprint density at radius 3 is 2.50 bits per heavy atom. The number of anilines is 1. The van der Waals surface area contributed by atoms with E-state index < -0.39 is 0 Å². The van der Waals surface area contributed by atoms with Crippen LogP contribution in [0.5, 0.6) is 0 Å². The van der Waals surface area contributed by atoms with Crippen molar-refractivity contribution in [1.29, 1.82) is 0 Å². The summed E-state index contributed by atoms with van der Waals surface area (Å²) in [6.45, 7) is 1.95. The zero-order valence-corrected chi connectivity index (χ0v) is 11.9. The van der Waals surface area contributed by atoms with E-state index in [1.807, 2.05) is 25.1 Å². The highest BCUT2D eigenvalue weighted by Crippen LogP contribution is 2.21. The van der Waals surface area contributed by atoms with Crippen LogP contribution in [0.2, 0.25) is 0 Å². The molecule has 1 amide bonds. The topological polar surface area (TPSA) is 29.1 Å². The molecule has 0 aliphatic carbocycles. The molecule has 0 bridgehead atoms. The maximum absolute atomic E-state index is 12.8. The number of hydrogen-bond donors (Lipinski definition) is 1. The molecule has 2 nitrogen and oxygen atoms in total. The highest BCUT2D eigenvalue weighted by molar-refractivity contribution is 14.1. The number of amides is 1. The molecule has 0 radical (unpaired) electrons. The predicted molar refractivity (Wildman–Crippen MR) is 78.2 cm³/mol. The van der Waals surface area contributed by atoms with Crippen LogP contribution in [-0.4, -0.2) is 5.91 Å². The van der Waals surface area contributed by atoms with E-state index in [0.29, 0.717) is 5.56 Å². The van der Waals surface area contributed by atoms with Gasteiger partial charge in [-0.05, 0) is 71.5 Å². The van der Waals surface area contributed by atoms with Gasteiger partial charge < -0.3 is 5.32 Å². The molecule has 2 aromatic rings. The second-order valence-corrected chi connectivity index (χ2v) is 5.04. The van der Waals surface area contributed by atoms with Gasteiger partial charge in [-0.3, -0.25) is 4.79 Å². The van der Waals surface area contributed by atoms with Crippen molar-refractivity contribution < 1.29 is 9.18 Å². The van der Waals surface area contributed by atoms with Crippen LogP contribution >= 0.6 is 22.6 Å². The van der Waals surface area contributed by atoms with E-state index >= 15 is 0 Å². The molecule has 0 aliphatic heterocycles. The first-order chi connectivity index (χ1) is 8.58. The molecule has 1 N–H and O–H groups in total. The molecule has 2 rings (SSSR count). The molecule has 0 fully saturated rings. The smallest absolute Gasteiger partial charge is 0.255 e. The van der Waals surface area contributed by atoms with Gasteiger partial charge in [-0.1, -0.05) is 6.07 Å². The third-order valence-corrected chi connectivity index (χ3v) is 3.79. The third kappa shape index (κ3) is 2.87. The summed E-state index contributed by atoms with van der Waals surface area (Å²) in [7, 11) is 0. The second kappa shape index (κ2) is 5.48. The zero-order valence-electron chi connectivity index (χ0n) is 9.71. The number of nitrogens with one attached hydrogen (secondary N) is 1. The van der Waals surface area contributed by atoms with Gasteiger partial charge in [-0.2, -0.15) is 0 Å². The van der Waals surface area contributed by atoms with E-state index in [9.17, 15) is 9.18 Å². The van der Waals surface area contributed by atoms with Crippen LogP contribution < -0.4 is 5.32 Å². The van der Waals surface area contributed by atoms with Crippen molar-refractivity contribution in [3.63, 3.8) is 0 Å². The van der Waals surface area contributed by atoms with E-state index in [1.54, 1.807) is 0 Å². The molecule has 0 unspecified atom stereocenters. The van der Waals surface area contributed by atoms with Crippen LogP contribution in [0.15, 0.2) is 42.5 Å². The van der Waals surface area contributed by atoms with Crippen molar-refractivity contribution in [2.45, 2.75) is 6.92 Å². The summed E-state index contributed by atoms with van der Waals surface area (Å²) in [5.41, 5.74) is 2.24. The van der Waals surface area contributed by atoms with Crippen molar-refractivity contribution >= 4 is 34.2 Å². The van der Waals surface area contributed by atoms with Gasteiger partial charge in [0, 0.05) is 14.8 Å². The Morgan fingerprint density at radius 1 is 1.17 bits per heavy atom. The largest absolute Gasteiger partial charge is 0.322 e. The Balaban J connectivity index is 2.21. The monoisotopic (exact) mass is 355 g/mol. The Bertz CT molecular complexity index is 581. The normalized spacial score (nSPS) is 10.2. The maximum atomic E-state index is 12.8. The number of hydrogen-bond acceptors (Lipinski definition) is 1. The molecule has 0 saturated carbocycles. The average Bonchev–Trinajstić information content (AvgIpc) is 2.36. The van der Waals surface area contributed by atoms with Crippen molar-refractivity contribution in [3.05, 3.63) is 63.0 Å². The van der Waals surface area contributed by atoms with E-state index in [2.05, 4.69) is 27.9 Å². The number of benzene rings is 2. The Kier molecular flexibility index (Phi) is 3.96. The van der Waals surface area contributed by atoms with Crippen molar-refractivity contribution in [1.82, 2.24) is 0 Å². The predicted octanol–water partition coefficient (Wildman–Crippen LogP) is 3.99. The fourth-order valence-corrected chi connectivity index (χ4v) is 2.04. The molecule has 92 valence electrons. The molecule has 0 aliphatic rings. The highest BCUT2D eigenvalue weighted by Gasteiger charge is 2.08. The molecule has 0 saturated heterocycles. The average molecular weight is 355 g/mol. The Morgan fingerprint density at radius 2 is 1.83 bits per heavy atom. The lowest BCUT2D eigenvalue weighted by Crippen LogP contribution is -2.13. The lowest BCUT2D eigenvalue weighted by Gasteiger charge is -2.09. The van der Waals surface area contributed by atoms with Crippen molar-refractivity contribution in [3.8, 4) is 0 Å². The summed E-state index contributed by atoms with van der Waals surface area (Å²) < 4.78 is 13.8. The molecule has 2 aromatic carbocycles. The maximum Gasteiger partial charge on any atom is 0.255 e. The second-order valence-electron chi connectivity index (χ2n) is 3.87. The molecule has 18 heavy (non-hydrogen) atoms. The van der Waals surface area contributed by atoms with E-state index in [-0.39, 0.29) is 11.7 Å². The van der Waals surface area contributed by atoms with Crippen LogP contribution in [0.1, 0.15) is 15.9 Å². The van der Waals surface area contributed by atoms with Crippen LogP contribution in [0.3, 0.4) is 0 Å². The molecule has 0 heterocycles. The SMILES string of the molecule is Cc1c(I)cccc1NC(=O)c1ccc(F)cc1. The minimum Gasteiger partial charge on any atom is -0.322 e. The summed E-state index contributed by atoms with van der Waals surface area (Å²) in [6, 6.07) is 11.2. The lowest BCUT2D eigenvalue weighted by molar-refractivity contribution is 0.102. The fraction of sp³-hybridized carbons (Fsp3) is 0.0714. The van der Waals surface area contributed by atoms with E-state index in [4.69, 9.17) is 0 Å². The zero-order chi connectivity index (χ0) is 13.1. The summed E-state index contributed by atoms with van der Waals surface area (Å²) in [5, 5.41) is 2.82. The summed E-state index contributed by atoms with van der Waals surface area (Å²) in [5.74, 6) is -0.586. The van der Waals surface area contributed by atoms with Crippen LogP contribution in [0.4, 0.5) is 10.1 Å². The minimum atomic E-state index is -0.350. The first-order valence-electron chi connectivity index (χ1n) is 5.40. The van der Waals surface area contributed by atoms with Gasteiger partial charge >= 0.3 is 0 Å². The highest BCUT2D eigenvalue weighted by atomic mass is 127. The molecule has 0 atom stereocenters. The van der Waals surface area contributed by atoms with Gasteiger partial charge in [0.1, 0.15) is 5.82 Å². The minimum absolute atomic E-state index is 0.236. The fourth-order valence-electron chi connectivity index (χ4n) is 1.54. The standard InChI is InChI=1S/C14H11FINO/c1-9-12(16)3-2-4-13(9)17-14(18)10-5-7-11(15)8-6-10/h2-8H,1H3,(H,17,18). The summed E-state index contributed by atoms with van der Waals surface area (Å²) in [4.78, 5) is 12.0. The molecule has 0 aromatic heterocycles. The molecule has 4 heteroatoms. The van der Waals surface area contributed by atoms with Crippen LogP contribution in [0, 0.1) is 16.3 Å². The lowest BCUT2D eigenvalue weighted by atomic mass is 10.1. The third-order valence-electron chi connectivity index (χ3n) is 2.62. The Hall–Kier alpha value is -1.43.